The Morgan fingerprint density at radius 2 is 2.06 bits per heavy atom. The van der Waals surface area contributed by atoms with Crippen molar-refractivity contribution >= 4 is 0 Å². The van der Waals surface area contributed by atoms with E-state index in [1.165, 1.54) is 0 Å². The summed E-state index contributed by atoms with van der Waals surface area (Å²) in [6.45, 7) is 8.98. The minimum absolute atomic E-state index is 0.0637. The molecule has 0 bridgehead atoms. The number of H-pyrrole nitrogens is 1. The van der Waals surface area contributed by atoms with Gasteiger partial charge in [0.1, 0.15) is 5.82 Å². The molecule has 1 heterocycles. The average molecular weight is 223 g/mol. The van der Waals surface area contributed by atoms with Crippen molar-refractivity contribution in [3.63, 3.8) is 0 Å². The first-order valence-electron chi connectivity index (χ1n) is 5.80. The van der Waals surface area contributed by atoms with E-state index in [-0.39, 0.29) is 5.56 Å². The molecule has 4 heteroatoms. The first-order valence-corrected chi connectivity index (χ1v) is 5.80. The smallest absolute Gasteiger partial charge is 0.251 e. The summed E-state index contributed by atoms with van der Waals surface area (Å²) in [5.74, 6) is 1.23. The minimum atomic E-state index is -0.0637. The van der Waals surface area contributed by atoms with Crippen molar-refractivity contribution in [3.8, 4) is 0 Å². The summed E-state index contributed by atoms with van der Waals surface area (Å²) in [5.41, 5.74) is 0.811. The first-order chi connectivity index (χ1) is 7.47. The third-order valence-electron chi connectivity index (χ3n) is 2.14. The zero-order chi connectivity index (χ0) is 12.1. The highest BCUT2D eigenvalue weighted by molar-refractivity contribution is 5.03. The summed E-state index contributed by atoms with van der Waals surface area (Å²) >= 11 is 0. The summed E-state index contributed by atoms with van der Waals surface area (Å²) in [4.78, 5) is 18.6. The minimum Gasteiger partial charge on any atom is -0.309 e. The molecule has 90 valence electrons. The topological polar surface area (TPSA) is 57.8 Å². The van der Waals surface area contributed by atoms with Gasteiger partial charge in [-0.25, -0.2) is 4.98 Å². The molecule has 0 aliphatic heterocycles. The quantitative estimate of drug-likeness (QED) is 0.794. The van der Waals surface area contributed by atoms with Crippen molar-refractivity contribution in [1.29, 1.82) is 0 Å². The molecule has 0 aliphatic rings. The Bertz CT molecular complexity index is 382. The van der Waals surface area contributed by atoms with Crippen molar-refractivity contribution in [3.05, 3.63) is 27.9 Å². The normalized spacial score (nSPS) is 11.4. The van der Waals surface area contributed by atoms with Crippen LogP contribution in [0.3, 0.4) is 0 Å². The van der Waals surface area contributed by atoms with Gasteiger partial charge in [-0.3, -0.25) is 4.79 Å². The Morgan fingerprint density at radius 1 is 1.38 bits per heavy atom. The highest BCUT2D eigenvalue weighted by Gasteiger charge is 2.04. The van der Waals surface area contributed by atoms with Crippen molar-refractivity contribution in [2.45, 2.75) is 46.7 Å². The van der Waals surface area contributed by atoms with Gasteiger partial charge < -0.3 is 10.3 Å². The molecular weight excluding hydrogens is 202 g/mol. The van der Waals surface area contributed by atoms with Gasteiger partial charge in [-0.15, -0.1) is 0 Å². The standard InChI is InChI=1S/C12H21N3O/c1-8(2)5-10-6-12(16)15-11(14-10)7-13-9(3)4/h6,8-9,13H,5,7H2,1-4H3,(H,14,15,16). The number of nitrogens with zero attached hydrogens (tertiary/aromatic N) is 1. The molecule has 1 rings (SSSR count). The zero-order valence-electron chi connectivity index (χ0n) is 10.5. The lowest BCUT2D eigenvalue weighted by Crippen LogP contribution is -2.25. The van der Waals surface area contributed by atoms with E-state index in [1.807, 2.05) is 0 Å². The van der Waals surface area contributed by atoms with E-state index in [1.54, 1.807) is 6.07 Å². The van der Waals surface area contributed by atoms with Gasteiger partial charge in [-0.1, -0.05) is 27.7 Å². The Hall–Kier alpha value is -1.16. The Balaban J connectivity index is 2.77. The van der Waals surface area contributed by atoms with E-state index in [0.717, 1.165) is 17.9 Å². The Labute approximate surface area is 96.5 Å². The van der Waals surface area contributed by atoms with Crippen LogP contribution in [0.2, 0.25) is 0 Å². The number of nitrogens with one attached hydrogen (secondary N) is 2. The monoisotopic (exact) mass is 223 g/mol. The molecule has 0 saturated heterocycles. The molecule has 0 aromatic carbocycles. The molecule has 16 heavy (non-hydrogen) atoms. The van der Waals surface area contributed by atoms with Crippen LogP contribution in [0.5, 0.6) is 0 Å². The van der Waals surface area contributed by atoms with Crippen LogP contribution in [-0.4, -0.2) is 16.0 Å². The molecule has 0 amide bonds. The number of aromatic amines is 1. The van der Waals surface area contributed by atoms with Crippen LogP contribution < -0.4 is 10.9 Å². The van der Waals surface area contributed by atoms with E-state index >= 15 is 0 Å². The fraction of sp³-hybridized carbons (Fsp3) is 0.667. The van der Waals surface area contributed by atoms with Gasteiger partial charge in [-0.05, 0) is 12.3 Å². The van der Waals surface area contributed by atoms with Crippen LogP contribution in [0.1, 0.15) is 39.2 Å². The molecule has 0 unspecified atom stereocenters. The first kappa shape index (κ1) is 12.9. The van der Waals surface area contributed by atoms with Gasteiger partial charge in [0.15, 0.2) is 0 Å². The van der Waals surface area contributed by atoms with Crippen LogP contribution in [0.25, 0.3) is 0 Å². The number of hydrogen-bond acceptors (Lipinski definition) is 3. The summed E-state index contributed by atoms with van der Waals surface area (Å²) < 4.78 is 0. The summed E-state index contributed by atoms with van der Waals surface area (Å²) in [5, 5.41) is 3.24. The Morgan fingerprint density at radius 3 is 2.62 bits per heavy atom. The SMILES string of the molecule is CC(C)Cc1cc(=O)[nH]c(CNC(C)C)n1. The van der Waals surface area contributed by atoms with E-state index in [4.69, 9.17) is 0 Å². The predicted molar refractivity (Wildman–Crippen MR) is 65.4 cm³/mol. The number of hydrogen-bond donors (Lipinski definition) is 2. The molecule has 0 radical (unpaired) electrons. The van der Waals surface area contributed by atoms with E-state index in [0.29, 0.717) is 18.5 Å². The summed E-state index contributed by atoms with van der Waals surface area (Å²) in [6.07, 6.45) is 0.846. The van der Waals surface area contributed by atoms with Crippen LogP contribution in [-0.2, 0) is 13.0 Å². The van der Waals surface area contributed by atoms with Gasteiger partial charge in [0, 0.05) is 17.8 Å². The zero-order valence-corrected chi connectivity index (χ0v) is 10.5. The second kappa shape index (κ2) is 5.80. The molecule has 1 aromatic heterocycles. The highest BCUT2D eigenvalue weighted by atomic mass is 16.1. The maximum atomic E-state index is 11.4. The third-order valence-corrected chi connectivity index (χ3v) is 2.14. The van der Waals surface area contributed by atoms with Crippen molar-refractivity contribution in [2.75, 3.05) is 0 Å². The fourth-order valence-electron chi connectivity index (χ4n) is 1.47. The van der Waals surface area contributed by atoms with E-state index in [9.17, 15) is 4.79 Å². The summed E-state index contributed by atoms with van der Waals surface area (Å²) in [6, 6.07) is 1.97. The second-order valence-corrected chi connectivity index (χ2v) is 4.82. The van der Waals surface area contributed by atoms with Gasteiger partial charge in [-0.2, -0.15) is 0 Å². The average Bonchev–Trinajstić information content (AvgIpc) is 2.12. The summed E-state index contributed by atoms with van der Waals surface area (Å²) in [7, 11) is 0. The molecule has 0 fully saturated rings. The maximum Gasteiger partial charge on any atom is 0.251 e. The van der Waals surface area contributed by atoms with Gasteiger partial charge in [0.2, 0.25) is 0 Å². The largest absolute Gasteiger partial charge is 0.309 e. The predicted octanol–water partition coefficient (Wildman–Crippen LogP) is 1.47. The van der Waals surface area contributed by atoms with Crippen molar-refractivity contribution in [2.24, 2.45) is 5.92 Å². The highest BCUT2D eigenvalue weighted by Crippen LogP contribution is 2.02. The van der Waals surface area contributed by atoms with Crippen LogP contribution >= 0.6 is 0 Å². The van der Waals surface area contributed by atoms with Gasteiger partial charge in [0.05, 0.1) is 6.54 Å². The molecule has 1 aromatic rings. The second-order valence-electron chi connectivity index (χ2n) is 4.82. The van der Waals surface area contributed by atoms with Gasteiger partial charge >= 0.3 is 0 Å². The van der Waals surface area contributed by atoms with Crippen LogP contribution in [0.15, 0.2) is 10.9 Å². The Kier molecular flexibility index (Phi) is 4.68. The van der Waals surface area contributed by atoms with Crippen LogP contribution in [0.4, 0.5) is 0 Å². The third kappa shape index (κ3) is 4.57. The molecule has 2 N–H and O–H groups in total. The van der Waals surface area contributed by atoms with Crippen LogP contribution in [0, 0.1) is 5.92 Å². The number of aromatic nitrogens is 2. The maximum absolute atomic E-state index is 11.4. The molecule has 4 nitrogen and oxygen atoms in total. The lowest BCUT2D eigenvalue weighted by atomic mass is 10.1. The fourth-order valence-corrected chi connectivity index (χ4v) is 1.47. The molecule has 0 spiro atoms. The van der Waals surface area contributed by atoms with Crippen molar-refractivity contribution < 1.29 is 0 Å². The van der Waals surface area contributed by atoms with Crippen molar-refractivity contribution in [1.82, 2.24) is 15.3 Å². The lowest BCUT2D eigenvalue weighted by Gasteiger charge is -2.09. The van der Waals surface area contributed by atoms with E-state index < -0.39 is 0 Å². The lowest BCUT2D eigenvalue weighted by molar-refractivity contribution is 0.564. The molecule has 0 aliphatic carbocycles. The van der Waals surface area contributed by atoms with E-state index in [2.05, 4.69) is 43.0 Å². The van der Waals surface area contributed by atoms with Gasteiger partial charge in [0.25, 0.3) is 5.56 Å². The molecule has 0 saturated carbocycles. The molecular formula is C12H21N3O. The molecule has 0 atom stereocenters. The number of rotatable bonds is 5.